The van der Waals surface area contributed by atoms with Crippen LogP contribution < -0.4 is 24.3 Å². The Bertz CT molecular complexity index is 1740. The van der Waals surface area contributed by atoms with Crippen molar-refractivity contribution in [1.29, 1.82) is 0 Å². The second-order valence-corrected chi connectivity index (χ2v) is 15.1. The number of hydrogen-bond acceptors (Lipinski definition) is 12. The van der Waals surface area contributed by atoms with E-state index in [1.165, 1.54) is 66.7 Å². The molecule has 0 radical (unpaired) electrons. The van der Waals surface area contributed by atoms with Gasteiger partial charge in [-0.3, -0.25) is 24.0 Å². The molecular weight excluding hydrogens is 698 g/mol. The van der Waals surface area contributed by atoms with E-state index in [-0.39, 0.29) is 46.6 Å². The monoisotopic (exact) mass is 743 g/mol. The molecule has 3 aromatic rings. The molecule has 1 aliphatic rings. The summed E-state index contributed by atoms with van der Waals surface area (Å²) < 4.78 is 53.7. The van der Waals surface area contributed by atoms with Gasteiger partial charge in [-0.05, 0) is 121 Å². The highest BCUT2D eigenvalue weighted by Gasteiger charge is 2.34. The molecule has 3 aromatic carbocycles. The van der Waals surface area contributed by atoms with Gasteiger partial charge in [0.15, 0.2) is 0 Å². The number of ether oxygens (including phenoxy) is 4. The maximum absolute atomic E-state index is 13.1. The van der Waals surface area contributed by atoms with Gasteiger partial charge < -0.3 is 24.1 Å². The zero-order chi connectivity index (χ0) is 39.1. The summed E-state index contributed by atoms with van der Waals surface area (Å²) in [5.41, 5.74) is -2.13. The summed E-state index contributed by atoms with van der Waals surface area (Å²) in [6.07, 6.45) is 3.18. The van der Waals surface area contributed by atoms with Crippen LogP contribution in [0.4, 0.5) is 0 Å². The molecular formula is C37H45NO13S. The lowest BCUT2D eigenvalue weighted by atomic mass is 9.89. The number of esters is 4. The Morgan fingerprint density at radius 1 is 0.673 bits per heavy atom. The van der Waals surface area contributed by atoms with Crippen LogP contribution in [0.1, 0.15) is 100 Å². The lowest BCUT2D eigenvalue weighted by Gasteiger charge is -2.37. The average Bonchev–Trinajstić information content (AvgIpc) is 3.01. The molecule has 1 fully saturated rings. The third-order valence-corrected chi connectivity index (χ3v) is 7.66. The van der Waals surface area contributed by atoms with Gasteiger partial charge >= 0.3 is 34.3 Å². The third-order valence-electron chi connectivity index (χ3n) is 7.66. The largest absolute Gasteiger partial charge is 0.426 e. The number of carbonyl (C=O) groups is 4. The normalized spacial score (nSPS) is 14.4. The molecule has 4 rings (SSSR count). The number of aliphatic hydroxyl groups is 1. The maximum atomic E-state index is 13.1. The van der Waals surface area contributed by atoms with E-state index < -0.39 is 50.8 Å². The topological polar surface area (TPSA) is 212 Å². The van der Waals surface area contributed by atoms with Crippen LogP contribution in [0.15, 0.2) is 66.7 Å². The van der Waals surface area contributed by atoms with Gasteiger partial charge in [0.05, 0.1) is 22.0 Å². The lowest BCUT2D eigenvalue weighted by molar-refractivity contribution is -0.143. The molecule has 0 aromatic heterocycles. The summed E-state index contributed by atoms with van der Waals surface area (Å²) in [5, 5.41) is 14.9. The van der Waals surface area contributed by atoms with Crippen LogP contribution in [0.3, 0.4) is 0 Å². The Balaban J connectivity index is 0.00000136. The molecule has 0 spiro atoms. The Hall–Kier alpha value is -4.67. The van der Waals surface area contributed by atoms with Gasteiger partial charge in [-0.25, -0.2) is 9.59 Å². The molecule has 282 valence electrons. The van der Waals surface area contributed by atoms with Gasteiger partial charge in [-0.15, -0.1) is 0 Å². The first-order chi connectivity index (χ1) is 24.0. The van der Waals surface area contributed by atoms with E-state index >= 15 is 0 Å². The Kier molecular flexibility index (Phi) is 13.5. The average molecular weight is 744 g/mol. The Morgan fingerprint density at radius 2 is 1.04 bits per heavy atom. The highest BCUT2D eigenvalue weighted by Crippen LogP contribution is 2.34. The fraction of sp³-hybridized carbons (Fsp3) is 0.405. The van der Waals surface area contributed by atoms with Crippen LogP contribution in [0, 0.1) is 10.8 Å². The fourth-order valence-corrected chi connectivity index (χ4v) is 4.38. The zero-order valence-corrected chi connectivity index (χ0v) is 30.9. The van der Waals surface area contributed by atoms with Crippen molar-refractivity contribution in [3.05, 3.63) is 83.4 Å². The maximum Gasteiger partial charge on any atom is 0.394 e. The second kappa shape index (κ2) is 16.8. The summed E-state index contributed by atoms with van der Waals surface area (Å²) in [5.74, 6) is -1.58. The van der Waals surface area contributed by atoms with Crippen molar-refractivity contribution in [3.8, 4) is 23.0 Å². The molecule has 1 atom stereocenters. The van der Waals surface area contributed by atoms with E-state index in [0.29, 0.717) is 5.56 Å². The minimum atomic E-state index is -4.67. The molecule has 4 N–H and O–H groups in total. The van der Waals surface area contributed by atoms with Crippen LogP contribution in [-0.4, -0.2) is 52.5 Å². The highest BCUT2D eigenvalue weighted by atomic mass is 32.3. The molecule has 15 heteroatoms. The van der Waals surface area contributed by atoms with Crippen LogP contribution >= 0.6 is 0 Å². The molecule has 0 saturated heterocycles. The lowest BCUT2D eigenvalue weighted by Crippen LogP contribution is -2.50. The van der Waals surface area contributed by atoms with Crippen molar-refractivity contribution in [2.75, 3.05) is 0 Å². The molecule has 14 nitrogen and oxygen atoms in total. The molecule has 1 unspecified atom stereocenters. The van der Waals surface area contributed by atoms with E-state index in [1.54, 1.807) is 41.5 Å². The third kappa shape index (κ3) is 12.8. The first-order valence-electron chi connectivity index (χ1n) is 16.4. The minimum Gasteiger partial charge on any atom is -0.426 e. The molecule has 0 amide bonds. The van der Waals surface area contributed by atoms with E-state index in [0.717, 1.165) is 19.3 Å². The van der Waals surface area contributed by atoms with E-state index in [2.05, 4.69) is 5.32 Å². The van der Waals surface area contributed by atoms with Gasteiger partial charge in [0, 0.05) is 17.7 Å². The van der Waals surface area contributed by atoms with Crippen molar-refractivity contribution in [1.82, 2.24) is 5.32 Å². The predicted molar refractivity (Wildman–Crippen MR) is 189 cm³/mol. The SMILES string of the molecule is CCC(O)(NC1CCC1)c1cc(OC(=O)c2ccc(OC(=O)C(C)(C)C)cc2)cc(OC(=O)c2ccc(OC(=O)C(C)(C)C)cc2)c1.O=S(=O)(O)O. The molecule has 52 heavy (non-hydrogen) atoms. The van der Waals surface area contributed by atoms with Crippen LogP contribution in [0.25, 0.3) is 0 Å². The van der Waals surface area contributed by atoms with E-state index in [4.69, 9.17) is 36.5 Å². The van der Waals surface area contributed by atoms with Crippen LogP contribution in [0.2, 0.25) is 0 Å². The van der Waals surface area contributed by atoms with Crippen molar-refractivity contribution in [2.45, 2.75) is 85.9 Å². The van der Waals surface area contributed by atoms with Crippen molar-refractivity contribution < 1.29 is 60.8 Å². The first kappa shape index (κ1) is 41.7. The van der Waals surface area contributed by atoms with Gasteiger partial charge in [0.1, 0.15) is 28.7 Å². The first-order valence-corrected chi connectivity index (χ1v) is 17.8. The van der Waals surface area contributed by atoms with Gasteiger partial charge in [-0.2, -0.15) is 8.42 Å². The van der Waals surface area contributed by atoms with E-state index in [1.807, 2.05) is 6.92 Å². The quantitative estimate of drug-likeness (QED) is 0.0803. The predicted octanol–water partition coefficient (Wildman–Crippen LogP) is 6.07. The summed E-state index contributed by atoms with van der Waals surface area (Å²) in [6.45, 7) is 12.3. The number of nitrogens with one attached hydrogen (secondary N) is 1. The summed E-state index contributed by atoms with van der Waals surface area (Å²) in [4.78, 5) is 50.7. The van der Waals surface area contributed by atoms with E-state index in [9.17, 15) is 24.3 Å². The van der Waals surface area contributed by atoms with Gasteiger partial charge in [-0.1, -0.05) is 13.3 Å². The van der Waals surface area contributed by atoms with Gasteiger partial charge in [0.25, 0.3) is 0 Å². The smallest absolute Gasteiger partial charge is 0.394 e. The Labute approximate surface area is 303 Å². The van der Waals surface area contributed by atoms with Crippen LogP contribution in [0.5, 0.6) is 23.0 Å². The second-order valence-electron chi connectivity index (χ2n) is 14.2. The highest BCUT2D eigenvalue weighted by molar-refractivity contribution is 7.79. The summed E-state index contributed by atoms with van der Waals surface area (Å²) in [7, 11) is -4.67. The molecule has 0 bridgehead atoms. The van der Waals surface area contributed by atoms with Gasteiger partial charge in [0.2, 0.25) is 0 Å². The standard InChI is InChI=1S/C37H43NO9.H2O4S/c1-8-37(43,38-26-10-9-11-26)25-20-29(44-31(39)23-12-16-27(17-13-23)46-33(41)35(2,3)4)22-30(21-25)45-32(40)24-14-18-28(19-15-24)47-34(42)36(5,6)7;1-5(2,3)4/h12-22,26,38,43H,8-11H2,1-7H3;(H2,1,2,3,4). The van der Waals surface area contributed by atoms with Crippen molar-refractivity contribution >= 4 is 34.3 Å². The van der Waals surface area contributed by atoms with Crippen LogP contribution in [-0.2, 0) is 25.7 Å². The number of rotatable bonds is 10. The summed E-state index contributed by atoms with van der Waals surface area (Å²) >= 11 is 0. The zero-order valence-electron chi connectivity index (χ0n) is 30.1. The molecule has 0 heterocycles. The molecule has 1 saturated carbocycles. The number of benzene rings is 3. The number of carbonyl (C=O) groups excluding carboxylic acids is 4. The van der Waals surface area contributed by atoms with Crippen molar-refractivity contribution in [3.63, 3.8) is 0 Å². The summed E-state index contributed by atoms with van der Waals surface area (Å²) in [6, 6.07) is 16.5. The number of hydrogen-bond donors (Lipinski definition) is 4. The molecule has 0 aliphatic heterocycles. The minimum absolute atomic E-state index is 0.0465. The Morgan fingerprint density at radius 3 is 1.33 bits per heavy atom. The van der Waals surface area contributed by atoms with Crippen molar-refractivity contribution in [2.24, 2.45) is 10.8 Å². The fourth-order valence-electron chi connectivity index (χ4n) is 4.38. The molecule has 1 aliphatic carbocycles.